The van der Waals surface area contributed by atoms with Crippen LogP contribution >= 0.6 is 0 Å². The molecule has 1 aromatic heterocycles. The van der Waals surface area contributed by atoms with E-state index in [1.165, 1.54) is 12.8 Å². The monoisotopic (exact) mass is 345 g/mol. The molecule has 1 saturated carbocycles. The zero-order chi connectivity index (χ0) is 17.2. The number of ether oxygens (including phenoxy) is 2. The van der Waals surface area contributed by atoms with Crippen LogP contribution in [-0.2, 0) is 16.1 Å². The van der Waals surface area contributed by atoms with Crippen LogP contribution in [0.4, 0.5) is 0 Å². The van der Waals surface area contributed by atoms with Gasteiger partial charge in [-0.05, 0) is 30.7 Å². The average molecular weight is 345 g/mol. The van der Waals surface area contributed by atoms with E-state index in [-0.39, 0.29) is 12.0 Å². The van der Waals surface area contributed by atoms with Gasteiger partial charge >= 0.3 is 0 Å². The molecule has 0 unspecified atom stereocenters. The van der Waals surface area contributed by atoms with Gasteiger partial charge in [0.2, 0.25) is 11.8 Å². The first-order valence-corrected chi connectivity index (χ1v) is 9.31. The average Bonchev–Trinajstić information content (AvgIpc) is 3.27. The van der Waals surface area contributed by atoms with Crippen LogP contribution < -0.4 is 10.1 Å². The van der Waals surface area contributed by atoms with Crippen molar-refractivity contribution in [2.45, 2.75) is 31.9 Å². The van der Waals surface area contributed by atoms with E-state index in [0.717, 1.165) is 44.3 Å². The van der Waals surface area contributed by atoms with Gasteiger partial charge in [-0.3, -0.25) is 9.69 Å². The van der Waals surface area contributed by atoms with Crippen LogP contribution in [0.25, 0.3) is 0 Å². The number of likely N-dealkylation sites (tertiary alicyclic amines) is 1. The number of carbonyl (C=O) groups excluding carboxylic acids is 1. The van der Waals surface area contributed by atoms with E-state index in [9.17, 15) is 4.79 Å². The van der Waals surface area contributed by atoms with Crippen LogP contribution in [0.5, 0.6) is 5.88 Å². The van der Waals surface area contributed by atoms with Gasteiger partial charge in [-0.15, -0.1) is 0 Å². The summed E-state index contributed by atoms with van der Waals surface area (Å²) in [5.41, 5.74) is 1.10. The Balaban J connectivity index is 1.30. The second kappa shape index (κ2) is 7.30. The Kier molecular flexibility index (Phi) is 4.90. The summed E-state index contributed by atoms with van der Waals surface area (Å²) in [7, 11) is 1.66. The first-order chi connectivity index (χ1) is 12.2. The number of amides is 1. The maximum absolute atomic E-state index is 12.2. The highest BCUT2D eigenvalue weighted by atomic mass is 16.5. The molecule has 6 nitrogen and oxygen atoms in total. The van der Waals surface area contributed by atoms with Crippen LogP contribution in [0, 0.1) is 17.8 Å². The number of hydrogen-bond donors (Lipinski definition) is 1. The number of carbonyl (C=O) groups is 1. The van der Waals surface area contributed by atoms with Gasteiger partial charge in [-0.1, -0.05) is 6.07 Å². The topological polar surface area (TPSA) is 63.7 Å². The summed E-state index contributed by atoms with van der Waals surface area (Å²) in [6, 6.07) is 4.00. The van der Waals surface area contributed by atoms with Crippen molar-refractivity contribution in [1.29, 1.82) is 0 Å². The van der Waals surface area contributed by atoms with E-state index in [1.54, 1.807) is 13.3 Å². The van der Waals surface area contributed by atoms with Crippen molar-refractivity contribution in [2.24, 2.45) is 17.8 Å². The molecular formula is C19H27N3O3. The second-order valence-corrected chi connectivity index (χ2v) is 7.61. The fraction of sp³-hybridized carbons (Fsp3) is 0.684. The van der Waals surface area contributed by atoms with Crippen molar-refractivity contribution in [3.8, 4) is 5.88 Å². The molecule has 2 saturated heterocycles. The molecule has 1 aliphatic carbocycles. The minimum Gasteiger partial charge on any atom is -0.481 e. The normalized spacial score (nSPS) is 28.8. The lowest BCUT2D eigenvalue weighted by molar-refractivity contribution is -0.122. The summed E-state index contributed by atoms with van der Waals surface area (Å²) in [5.74, 6) is 2.40. The van der Waals surface area contributed by atoms with E-state index in [1.807, 2.05) is 6.07 Å². The Hall–Kier alpha value is -1.66. The zero-order valence-electron chi connectivity index (χ0n) is 14.8. The SMILES string of the molecule is COc1ncccc1CN1C[C@@H]2[C@@H](CC(=O)NCC3CC3)CO[C@@H]2C1. The fourth-order valence-electron chi connectivity index (χ4n) is 4.08. The molecule has 4 rings (SSSR count). The highest BCUT2D eigenvalue weighted by molar-refractivity contribution is 5.76. The molecule has 3 heterocycles. The smallest absolute Gasteiger partial charge is 0.220 e. The van der Waals surface area contributed by atoms with Crippen molar-refractivity contribution in [3.05, 3.63) is 23.9 Å². The van der Waals surface area contributed by atoms with Gasteiger partial charge in [0.1, 0.15) is 0 Å². The molecule has 6 heteroatoms. The Morgan fingerprint density at radius 2 is 2.32 bits per heavy atom. The Morgan fingerprint density at radius 3 is 3.12 bits per heavy atom. The molecule has 0 aromatic carbocycles. The Bertz CT molecular complexity index is 620. The summed E-state index contributed by atoms with van der Waals surface area (Å²) in [6.07, 6.45) is 5.14. The molecule has 0 radical (unpaired) electrons. The van der Waals surface area contributed by atoms with Gasteiger partial charge < -0.3 is 14.8 Å². The highest BCUT2D eigenvalue weighted by Gasteiger charge is 2.44. The maximum Gasteiger partial charge on any atom is 0.220 e. The van der Waals surface area contributed by atoms with Crippen molar-refractivity contribution >= 4 is 5.91 Å². The van der Waals surface area contributed by atoms with Crippen LogP contribution in [0.1, 0.15) is 24.8 Å². The van der Waals surface area contributed by atoms with Gasteiger partial charge in [-0.2, -0.15) is 0 Å². The van der Waals surface area contributed by atoms with Gasteiger partial charge in [0, 0.05) is 50.3 Å². The third-order valence-corrected chi connectivity index (χ3v) is 5.68. The molecule has 2 aliphatic heterocycles. The first kappa shape index (κ1) is 16.8. The van der Waals surface area contributed by atoms with Crippen LogP contribution in [0.15, 0.2) is 18.3 Å². The van der Waals surface area contributed by atoms with E-state index in [4.69, 9.17) is 9.47 Å². The van der Waals surface area contributed by atoms with Gasteiger partial charge in [0.25, 0.3) is 0 Å². The van der Waals surface area contributed by atoms with Crippen molar-refractivity contribution in [1.82, 2.24) is 15.2 Å². The molecular weight excluding hydrogens is 318 g/mol. The maximum atomic E-state index is 12.2. The van der Waals surface area contributed by atoms with Crippen LogP contribution in [0.3, 0.4) is 0 Å². The molecule has 3 atom stereocenters. The summed E-state index contributed by atoms with van der Waals surface area (Å²) >= 11 is 0. The third-order valence-electron chi connectivity index (χ3n) is 5.68. The van der Waals surface area contributed by atoms with E-state index in [0.29, 0.717) is 24.1 Å². The summed E-state index contributed by atoms with van der Waals surface area (Å²) in [4.78, 5) is 18.8. The highest BCUT2D eigenvalue weighted by Crippen LogP contribution is 2.36. The number of fused-ring (bicyclic) bond motifs is 1. The van der Waals surface area contributed by atoms with E-state index >= 15 is 0 Å². The molecule has 0 spiro atoms. The third kappa shape index (κ3) is 3.96. The van der Waals surface area contributed by atoms with Gasteiger partial charge in [0.05, 0.1) is 19.8 Å². The number of pyridine rings is 1. The standard InChI is InChI=1S/C19H27N3O3/c1-24-19-14(3-2-6-20-19)9-22-10-16-15(12-25-17(16)11-22)7-18(23)21-8-13-4-5-13/h2-3,6,13,15-17H,4-5,7-12H2,1H3,(H,21,23)/t15-,16+,17+/m0/s1. The van der Waals surface area contributed by atoms with Crippen molar-refractivity contribution < 1.29 is 14.3 Å². The molecule has 1 N–H and O–H groups in total. The molecule has 3 aliphatic rings. The molecule has 1 aromatic rings. The minimum absolute atomic E-state index is 0.188. The predicted octanol–water partition coefficient (Wildman–Crippen LogP) is 1.45. The largest absolute Gasteiger partial charge is 0.481 e. The molecule has 0 bridgehead atoms. The first-order valence-electron chi connectivity index (χ1n) is 9.31. The van der Waals surface area contributed by atoms with Crippen LogP contribution in [0.2, 0.25) is 0 Å². The van der Waals surface area contributed by atoms with Crippen molar-refractivity contribution in [3.63, 3.8) is 0 Å². The lowest BCUT2D eigenvalue weighted by atomic mass is 9.90. The minimum atomic E-state index is 0.188. The number of methoxy groups -OCH3 is 1. The number of nitrogens with one attached hydrogen (secondary N) is 1. The second-order valence-electron chi connectivity index (χ2n) is 7.61. The summed E-state index contributed by atoms with van der Waals surface area (Å²) < 4.78 is 11.3. The van der Waals surface area contributed by atoms with Gasteiger partial charge in [-0.25, -0.2) is 4.98 Å². The molecule has 1 amide bonds. The quantitative estimate of drug-likeness (QED) is 0.810. The predicted molar refractivity (Wildman–Crippen MR) is 93.1 cm³/mol. The Morgan fingerprint density at radius 1 is 1.44 bits per heavy atom. The van der Waals surface area contributed by atoms with Crippen molar-refractivity contribution in [2.75, 3.05) is 33.4 Å². The Labute approximate surface area is 148 Å². The fourth-order valence-corrected chi connectivity index (χ4v) is 4.08. The lowest BCUT2D eigenvalue weighted by Crippen LogP contribution is -2.31. The lowest BCUT2D eigenvalue weighted by Gasteiger charge is -2.20. The summed E-state index contributed by atoms with van der Waals surface area (Å²) in [5, 5.41) is 3.08. The molecule has 136 valence electrons. The zero-order valence-corrected chi connectivity index (χ0v) is 14.8. The van der Waals surface area contributed by atoms with E-state index < -0.39 is 0 Å². The van der Waals surface area contributed by atoms with Gasteiger partial charge in [0.15, 0.2) is 0 Å². The number of rotatable bonds is 7. The van der Waals surface area contributed by atoms with Crippen LogP contribution in [-0.4, -0.2) is 55.2 Å². The number of aromatic nitrogens is 1. The number of hydrogen-bond acceptors (Lipinski definition) is 5. The van der Waals surface area contributed by atoms with E-state index in [2.05, 4.69) is 21.3 Å². The number of nitrogens with zero attached hydrogens (tertiary/aromatic N) is 2. The molecule has 25 heavy (non-hydrogen) atoms. The molecule has 3 fully saturated rings. The summed E-state index contributed by atoms with van der Waals surface area (Å²) in [6.45, 7) is 4.28.